The predicted octanol–water partition coefficient (Wildman–Crippen LogP) is 1.58. The minimum atomic E-state index is -0.144. The standard InChI is InChI=1S/C15H19ClN2O3/c1-11-12(4-3-5-13(11)16)15(20)18-7-6-17(8-9-21-2)14(19)10-18/h3-5H,6-10H2,1-2H3. The second-order valence-electron chi connectivity index (χ2n) is 5.01. The molecule has 1 saturated heterocycles. The van der Waals surface area contributed by atoms with Crippen molar-refractivity contribution >= 4 is 23.4 Å². The maximum Gasteiger partial charge on any atom is 0.254 e. The van der Waals surface area contributed by atoms with Crippen LogP contribution in [0.5, 0.6) is 0 Å². The van der Waals surface area contributed by atoms with Crippen molar-refractivity contribution in [3.8, 4) is 0 Å². The molecule has 1 fully saturated rings. The number of carbonyl (C=O) groups excluding carboxylic acids is 2. The molecule has 2 amide bonds. The minimum absolute atomic E-state index is 0.0497. The van der Waals surface area contributed by atoms with Gasteiger partial charge in [0.05, 0.1) is 6.61 Å². The van der Waals surface area contributed by atoms with E-state index in [0.717, 1.165) is 5.56 Å². The quantitative estimate of drug-likeness (QED) is 0.848. The number of halogens is 1. The molecule has 1 heterocycles. The first kappa shape index (κ1) is 15.8. The number of piperazine rings is 1. The van der Waals surface area contributed by atoms with Crippen LogP contribution >= 0.6 is 11.6 Å². The number of ether oxygens (including phenoxy) is 1. The number of methoxy groups -OCH3 is 1. The maximum absolute atomic E-state index is 12.5. The molecule has 1 aromatic carbocycles. The SMILES string of the molecule is COCCN1CCN(C(=O)c2cccc(Cl)c2C)CC1=O. The van der Waals surface area contributed by atoms with Crippen LogP contribution in [-0.4, -0.2) is 61.5 Å². The van der Waals surface area contributed by atoms with Crippen LogP contribution in [0.1, 0.15) is 15.9 Å². The molecule has 0 spiro atoms. The molecule has 6 heteroatoms. The zero-order valence-corrected chi connectivity index (χ0v) is 13.0. The summed E-state index contributed by atoms with van der Waals surface area (Å²) in [6.07, 6.45) is 0. The van der Waals surface area contributed by atoms with E-state index >= 15 is 0 Å². The number of carbonyl (C=O) groups is 2. The Labute approximate surface area is 129 Å². The highest BCUT2D eigenvalue weighted by atomic mass is 35.5. The number of hydrogen-bond acceptors (Lipinski definition) is 3. The Morgan fingerprint density at radius 1 is 1.38 bits per heavy atom. The van der Waals surface area contributed by atoms with E-state index in [9.17, 15) is 9.59 Å². The molecule has 0 saturated carbocycles. The average molecular weight is 311 g/mol. The predicted molar refractivity (Wildman–Crippen MR) is 80.5 cm³/mol. The van der Waals surface area contributed by atoms with Crippen molar-refractivity contribution in [3.63, 3.8) is 0 Å². The average Bonchev–Trinajstić information content (AvgIpc) is 2.48. The van der Waals surface area contributed by atoms with Gasteiger partial charge in [-0.05, 0) is 24.6 Å². The third-order valence-electron chi connectivity index (χ3n) is 3.67. The molecule has 1 aliphatic rings. The number of nitrogens with zero attached hydrogens (tertiary/aromatic N) is 2. The molecule has 5 nitrogen and oxygen atoms in total. The van der Waals surface area contributed by atoms with Crippen LogP contribution in [0.25, 0.3) is 0 Å². The molecule has 0 bridgehead atoms. The zero-order valence-electron chi connectivity index (χ0n) is 12.3. The monoisotopic (exact) mass is 310 g/mol. The summed E-state index contributed by atoms with van der Waals surface area (Å²) in [6.45, 7) is 4.05. The van der Waals surface area contributed by atoms with E-state index in [1.165, 1.54) is 0 Å². The van der Waals surface area contributed by atoms with Crippen LogP contribution in [0.3, 0.4) is 0 Å². The Balaban J connectivity index is 2.05. The van der Waals surface area contributed by atoms with E-state index < -0.39 is 0 Å². The van der Waals surface area contributed by atoms with Gasteiger partial charge in [-0.1, -0.05) is 17.7 Å². The fourth-order valence-corrected chi connectivity index (χ4v) is 2.50. The van der Waals surface area contributed by atoms with E-state index in [2.05, 4.69) is 0 Å². The molecular formula is C15H19ClN2O3. The van der Waals surface area contributed by atoms with Crippen molar-refractivity contribution in [3.05, 3.63) is 34.3 Å². The lowest BCUT2D eigenvalue weighted by atomic mass is 10.1. The Morgan fingerprint density at radius 3 is 2.81 bits per heavy atom. The van der Waals surface area contributed by atoms with Gasteiger partial charge in [-0.25, -0.2) is 0 Å². The summed E-state index contributed by atoms with van der Waals surface area (Å²) in [5, 5.41) is 0.561. The summed E-state index contributed by atoms with van der Waals surface area (Å²) in [5.74, 6) is -0.193. The topological polar surface area (TPSA) is 49.9 Å². The number of rotatable bonds is 4. The highest BCUT2D eigenvalue weighted by Crippen LogP contribution is 2.20. The maximum atomic E-state index is 12.5. The summed E-state index contributed by atoms with van der Waals surface area (Å²) in [7, 11) is 1.60. The van der Waals surface area contributed by atoms with Crippen LogP contribution in [0.4, 0.5) is 0 Å². The molecule has 0 radical (unpaired) electrons. The Hall–Kier alpha value is -1.59. The molecule has 0 atom stereocenters. The van der Waals surface area contributed by atoms with Crippen LogP contribution in [0, 0.1) is 6.92 Å². The summed E-state index contributed by atoms with van der Waals surface area (Å²) in [4.78, 5) is 27.9. The summed E-state index contributed by atoms with van der Waals surface area (Å²) < 4.78 is 4.98. The van der Waals surface area contributed by atoms with Gasteiger partial charge in [-0.3, -0.25) is 9.59 Å². The van der Waals surface area contributed by atoms with Crippen LogP contribution in [0.15, 0.2) is 18.2 Å². The van der Waals surface area contributed by atoms with Gasteiger partial charge in [0.1, 0.15) is 6.54 Å². The van der Waals surface area contributed by atoms with Gasteiger partial charge in [0.2, 0.25) is 5.91 Å². The molecule has 2 rings (SSSR count). The van der Waals surface area contributed by atoms with Crippen LogP contribution in [0.2, 0.25) is 5.02 Å². The molecule has 0 aliphatic carbocycles. The lowest BCUT2D eigenvalue weighted by molar-refractivity contribution is -0.135. The van der Waals surface area contributed by atoms with Crippen LogP contribution in [-0.2, 0) is 9.53 Å². The van der Waals surface area contributed by atoms with Gasteiger partial charge >= 0.3 is 0 Å². The molecule has 1 aliphatic heterocycles. The lowest BCUT2D eigenvalue weighted by Crippen LogP contribution is -2.53. The molecule has 21 heavy (non-hydrogen) atoms. The lowest BCUT2D eigenvalue weighted by Gasteiger charge is -2.34. The van der Waals surface area contributed by atoms with Crippen LogP contribution < -0.4 is 0 Å². The molecule has 0 aromatic heterocycles. The van der Waals surface area contributed by atoms with Crippen molar-refractivity contribution in [1.29, 1.82) is 0 Å². The Morgan fingerprint density at radius 2 is 2.14 bits per heavy atom. The van der Waals surface area contributed by atoms with Crippen molar-refractivity contribution in [2.75, 3.05) is 39.9 Å². The van der Waals surface area contributed by atoms with Gasteiger partial charge in [0.15, 0.2) is 0 Å². The first-order valence-electron chi connectivity index (χ1n) is 6.85. The van der Waals surface area contributed by atoms with Gasteiger partial charge in [0.25, 0.3) is 5.91 Å². The fourth-order valence-electron chi connectivity index (χ4n) is 2.33. The Bertz CT molecular complexity index is 548. The fraction of sp³-hybridized carbons (Fsp3) is 0.467. The molecule has 114 valence electrons. The van der Waals surface area contributed by atoms with Gasteiger partial charge in [0, 0.05) is 37.3 Å². The molecule has 1 aromatic rings. The number of amides is 2. The number of hydrogen-bond donors (Lipinski definition) is 0. The highest BCUT2D eigenvalue weighted by molar-refractivity contribution is 6.31. The van der Waals surface area contributed by atoms with Gasteiger partial charge in [-0.15, -0.1) is 0 Å². The molecule has 0 unspecified atom stereocenters. The van der Waals surface area contributed by atoms with E-state index in [1.54, 1.807) is 35.1 Å². The molecular weight excluding hydrogens is 292 g/mol. The first-order chi connectivity index (χ1) is 10.0. The van der Waals surface area contributed by atoms with E-state index in [1.807, 2.05) is 6.92 Å². The third kappa shape index (κ3) is 3.54. The van der Waals surface area contributed by atoms with Gasteiger partial charge in [-0.2, -0.15) is 0 Å². The first-order valence-corrected chi connectivity index (χ1v) is 7.23. The normalized spacial score (nSPS) is 15.5. The van der Waals surface area contributed by atoms with Crippen molar-refractivity contribution in [2.45, 2.75) is 6.92 Å². The number of benzene rings is 1. The minimum Gasteiger partial charge on any atom is -0.383 e. The highest BCUT2D eigenvalue weighted by Gasteiger charge is 2.28. The smallest absolute Gasteiger partial charge is 0.254 e. The second-order valence-corrected chi connectivity index (χ2v) is 5.42. The zero-order chi connectivity index (χ0) is 15.4. The second kappa shape index (κ2) is 6.91. The van der Waals surface area contributed by atoms with Crippen molar-refractivity contribution in [1.82, 2.24) is 9.80 Å². The summed E-state index contributed by atoms with van der Waals surface area (Å²) in [6, 6.07) is 5.24. The van der Waals surface area contributed by atoms with Gasteiger partial charge < -0.3 is 14.5 Å². The van der Waals surface area contributed by atoms with E-state index in [-0.39, 0.29) is 18.4 Å². The molecule has 0 N–H and O–H groups in total. The largest absolute Gasteiger partial charge is 0.383 e. The van der Waals surface area contributed by atoms with Crippen molar-refractivity contribution < 1.29 is 14.3 Å². The summed E-state index contributed by atoms with van der Waals surface area (Å²) >= 11 is 6.05. The summed E-state index contributed by atoms with van der Waals surface area (Å²) in [5.41, 5.74) is 1.30. The Kier molecular flexibility index (Phi) is 5.20. The van der Waals surface area contributed by atoms with E-state index in [0.29, 0.717) is 36.8 Å². The third-order valence-corrected chi connectivity index (χ3v) is 4.08. The van der Waals surface area contributed by atoms with E-state index in [4.69, 9.17) is 16.3 Å². The van der Waals surface area contributed by atoms with Crippen molar-refractivity contribution in [2.24, 2.45) is 0 Å².